The molecule has 1 aromatic rings. The molecule has 0 saturated carbocycles. The normalized spacial score (nSPS) is 10.5. The largest absolute Gasteiger partial charge is 0.476 e. The molecule has 0 aliphatic carbocycles. The van der Waals surface area contributed by atoms with E-state index in [1.54, 1.807) is 0 Å². The molecule has 0 radical (unpaired) electrons. The number of aliphatic hydroxyl groups is 1. The summed E-state index contributed by atoms with van der Waals surface area (Å²) < 4.78 is 1.53. The molecule has 15 heavy (non-hydrogen) atoms. The summed E-state index contributed by atoms with van der Waals surface area (Å²) >= 11 is 0. The lowest BCUT2D eigenvalue weighted by molar-refractivity contribution is 0.0690. The van der Waals surface area contributed by atoms with E-state index in [0.717, 1.165) is 25.7 Å². The Morgan fingerprint density at radius 3 is 2.67 bits per heavy atom. The minimum atomic E-state index is -1.05. The number of carboxylic acid groups (broad SMARTS) is 1. The molecule has 1 heterocycles. The molecule has 2 N–H and O–H groups in total. The lowest BCUT2D eigenvalue weighted by Gasteiger charge is -1.99. The maximum Gasteiger partial charge on any atom is 0.358 e. The fourth-order valence-corrected chi connectivity index (χ4v) is 1.24. The Balaban J connectivity index is 2.23. The van der Waals surface area contributed by atoms with E-state index in [2.05, 4.69) is 10.3 Å². The van der Waals surface area contributed by atoms with Crippen LogP contribution in [0.15, 0.2) is 6.20 Å². The molecule has 0 fully saturated rings. The summed E-state index contributed by atoms with van der Waals surface area (Å²) in [4.78, 5) is 10.5. The van der Waals surface area contributed by atoms with Gasteiger partial charge in [-0.15, -0.1) is 5.10 Å². The molecule has 1 aromatic heterocycles. The zero-order valence-corrected chi connectivity index (χ0v) is 8.46. The molecule has 0 amide bonds. The molecule has 0 unspecified atom stereocenters. The number of hydrogen-bond acceptors (Lipinski definition) is 4. The average Bonchev–Trinajstić information content (AvgIpc) is 2.66. The Morgan fingerprint density at radius 2 is 2.07 bits per heavy atom. The third-order valence-corrected chi connectivity index (χ3v) is 2.05. The van der Waals surface area contributed by atoms with Crippen molar-refractivity contribution in [3.8, 4) is 0 Å². The molecule has 0 atom stereocenters. The van der Waals surface area contributed by atoms with Crippen molar-refractivity contribution in [3.63, 3.8) is 0 Å². The molecule has 84 valence electrons. The van der Waals surface area contributed by atoms with E-state index in [0.29, 0.717) is 6.54 Å². The first-order valence-corrected chi connectivity index (χ1v) is 4.98. The summed E-state index contributed by atoms with van der Waals surface area (Å²) in [7, 11) is 0. The number of aromatic carboxylic acids is 1. The van der Waals surface area contributed by atoms with E-state index in [-0.39, 0.29) is 12.3 Å². The number of unbranched alkanes of at least 4 members (excludes halogenated alkanes) is 3. The fourth-order valence-electron chi connectivity index (χ4n) is 1.24. The minimum Gasteiger partial charge on any atom is -0.476 e. The number of hydrogen-bond donors (Lipinski definition) is 2. The van der Waals surface area contributed by atoms with Gasteiger partial charge in [-0.05, 0) is 12.8 Å². The summed E-state index contributed by atoms with van der Waals surface area (Å²) in [6, 6.07) is 0. The van der Waals surface area contributed by atoms with Gasteiger partial charge in [0.15, 0.2) is 5.69 Å². The Labute approximate surface area is 87.5 Å². The number of aryl methyl sites for hydroxylation is 1. The molecule has 6 heteroatoms. The summed E-state index contributed by atoms with van der Waals surface area (Å²) in [6.45, 7) is 0.901. The Morgan fingerprint density at radius 1 is 1.33 bits per heavy atom. The van der Waals surface area contributed by atoms with Crippen molar-refractivity contribution in [1.82, 2.24) is 15.0 Å². The third kappa shape index (κ3) is 4.07. The van der Waals surface area contributed by atoms with E-state index >= 15 is 0 Å². The monoisotopic (exact) mass is 213 g/mol. The van der Waals surface area contributed by atoms with Crippen molar-refractivity contribution < 1.29 is 15.0 Å². The van der Waals surface area contributed by atoms with Crippen molar-refractivity contribution in [1.29, 1.82) is 0 Å². The van der Waals surface area contributed by atoms with Gasteiger partial charge in [0.2, 0.25) is 0 Å². The molecule has 6 nitrogen and oxygen atoms in total. The number of carboxylic acids is 1. The molecule has 1 rings (SSSR count). The first kappa shape index (κ1) is 11.6. The Kier molecular flexibility index (Phi) is 4.76. The number of nitrogens with zero attached hydrogens (tertiary/aromatic N) is 3. The van der Waals surface area contributed by atoms with Crippen molar-refractivity contribution in [3.05, 3.63) is 11.9 Å². The molecule has 0 aliphatic heterocycles. The van der Waals surface area contributed by atoms with Crippen LogP contribution in [0.2, 0.25) is 0 Å². The first-order chi connectivity index (χ1) is 7.24. The lowest BCUT2D eigenvalue weighted by atomic mass is 10.2. The second kappa shape index (κ2) is 6.13. The van der Waals surface area contributed by atoms with Gasteiger partial charge >= 0.3 is 5.97 Å². The van der Waals surface area contributed by atoms with E-state index in [1.165, 1.54) is 10.9 Å². The van der Waals surface area contributed by atoms with E-state index in [4.69, 9.17) is 10.2 Å². The fraction of sp³-hybridized carbons (Fsp3) is 0.667. The summed E-state index contributed by atoms with van der Waals surface area (Å²) in [5.74, 6) is -1.05. The smallest absolute Gasteiger partial charge is 0.358 e. The van der Waals surface area contributed by atoms with Crippen LogP contribution in [0.1, 0.15) is 36.2 Å². The highest BCUT2D eigenvalue weighted by Gasteiger charge is 2.07. The standard InChI is InChI=1S/C9H15N3O3/c13-6-4-2-1-3-5-12-7-8(9(14)15)10-11-12/h7,13H,1-6H2,(H,14,15). The number of rotatable bonds is 7. The summed E-state index contributed by atoms with van der Waals surface area (Å²) in [5.41, 5.74) is -0.0228. The summed E-state index contributed by atoms with van der Waals surface area (Å²) in [5, 5.41) is 24.3. The molecule has 0 spiro atoms. The van der Waals surface area contributed by atoms with Crippen LogP contribution in [-0.2, 0) is 6.54 Å². The van der Waals surface area contributed by atoms with Gasteiger partial charge in [-0.1, -0.05) is 18.1 Å². The highest BCUT2D eigenvalue weighted by Crippen LogP contribution is 2.01. The summed E-state index contributed by atoms with van der Waals surface area (Å²) in [6.07, 6.45) is 5.15. The van der Waals surface area contributed by atoms with Crippen LogP contribution in [0.25, 0.3) is 0 Å². The zero-order chi connectivity index (χ0) is 11.1. The van der Waals surface area contributed by atoms with Crippen molar-refractivity contribution in [2.24, 2.45) is 0 Å². The van der Waals surface area contributed by atoms with E-state index in [9.17, 15) is 4.79 Å². The average molecular weight is 213 g/mol. The SMILES string of the molecule is O=C(O)c1cn(CCCCCCO)nn1. The van der Waals surface area contributed by atoms with Crippen LogP contribution in [0, 0.1) is 0 Å². The van der Waals surface area contributed by atoms with Crippen LogP contribution in [0.5, 0.6) is 0 Å². The van der Waals surface area contributed by atoms with Gasteiger partial charge in [-0.25, -0.2) is 4.79 Å². The molecule has 0 saturated heterocycles. The van der Waals surface area contributed by atoms with Crippen molar-refractivity contribution in [2.75, 3.05) is 6.61 Å². The van der Waals surface area contributed by atoms with Gasteiger partial charge in [-0.3, -0.25) is 4.68 Å². The van der Waals surface area contributed by atoms with Gasteiger partial charge in [0.1, 0.15) is 0 Å². The van der Waals surface area contributed by atoms with Crippen LogP contribution in [0.3, 0.4) is 0 Å². The van der Waals surface area contributed by atoms with Crippen LogP contribution in [-0.4, -0.2) is 37.8 Å². The lowest BCUT2D eigenvalue weighted by Crippen LogP contribution is -1.99. The van der Waals surface area contributed by atoms with Crippen molar-refractivity contribution in [2.45, 2.75) is 32.2 Å². The maximum atomic E-state index is 10.5. The van der Waals surface area contributed by atoms with E-state index < -0.39 is 5.97 Å². The highest BCUT2D eigenvalue weighted by molar-refractivity contribution is 5.84. The maximum absolute atomic E-state index is 10.5. The second-order valence-electron chi connectivity index (χ2n) is 3.31. The van der Waals surface area contributed by atoms with Crippen LogP contribution in [0.4, 0.5) is 0 Å². The minimum absolute atomic E-state index is 0.0228. The van der Waals surface area contributed by atoms with E-state index in [1.807, 2.05) is 0 Å². The predicted molar refractivity (Wildman–Crippen MR) is 52.5 cm³/mol. The number of aromatic nitrogens is 3. The second-order valence-corrected chi connectivity index (χ2v) is 3.31. The molecule has 0 bridgehead atoms. The Bertz CT molecular complexity index is 311. The molecular weight excluding hydrogens is 198 g/mol. The third-order valence-electron chi connectivity index (χ3n) is 2.05. The topological polar surface area (TPSA) is 88.2 Å². The van der Waals surface area contributed by atoms with Gasteiger partial charge < -0.3 is 10.2 Å². The number of carbonyl (C=O) groups is 1. The van der Waals surface area contributed by atoms with Gasteiger partial charge in [0, 0.05) is 13.2 Å². The van der Waals surface area contributed by atoms with Crippen LogP contribution >= 0.6 is 0 Å². The Hall–Kier alpha value is -1.43. The zero-order valence-electron chi connectivity index (χ0n) is 8.46. The predicted octanol–water partition coefficient (Wildman–Crippen LogP) is 0.529. The van der Waals surface area contributed by atoms with Crippen LogP contribution < -0.4 is 0 Å². The number of aliphatic hydroxyl groups excluding tert-OH is 1. The molecular formula is C9H15N3O3. The molecule has 0 aliphatic rings. The van der Waals surface area contributed by atoms with Gasteiger partial charge in [-0.2, -0.15) is 0 Å². The van der Waals surface area contributed by atoms with Gasteiger partial charge in [0.05, 0.1) is 6.20 Å². The van der Waals surface area contributed by atoms with Gasteiger partial charge in [0.25, 0.3) is 0 Å². The first-order valence-electron chi connectivity index (χ1n) is 4.98. The molecule has 0 aromatic carbocycles. The highest BCUT2D eigenvalue weighted by atomic mass is 16.4. The van der Waals surface area contributed by atoms with Crippen molar-refractivity contribution >= 4 is 5.97 Å². The quantitative estimate of drug-likeness (QED) is 0.645.